The van der Waals surface area contributed by atoms with E-state index in [1.54, 1.807) is 0 Å². The lowest BCUT2D eigenvalue weighted by molar-refractivity contribution is 0.596. The molecular formula is C10H9FN4O2S. The van der Waals surface area contributed by atoms with Crippen molar-refractivity contribution in [1.82, 2.24) is 10.2 Å². The quantitative estimate of drug-likeness (QED) is 0.809. The van der Waals surface area contributed by atoms with E-state index >= 15 is 0 Å². The van der Waals surface area contributed by atoms with Gasteiger partial charge in [0.25, 0.3) is 10.0 Å². The van der Waals surface area contributed by atoms with Gasteiger partial charge in [0.15, 0.2) is 5.82 Å². The summed E-state index contributed by atoms with van der Waals surface area (Å²) in [5, 5.41) is 7.09. The van der Waals surface area contributed by atoms with Gasteiger partial charge in [-0.15, -0.1) is 5.10 Å². The molecule has 0 amide bonds. The van der Waals surface area contributed by atoms with Crippen LogP contribution in [0.15, 0.2) is 41.4 Å². The maximum atomic E-state index is 13.2. The summed E-state index contributed by atoms with van der Waals surface area (Å²) in [5.74, 6) is -0.744. The van der Waals surface area contributed by atoms with Crippen LogP contribution in [0.3, 0.4) is 0 Å². The zero-order valence-electron chi connectivity index (χ0n) is 9.04. The zero-order chi connectivity index (χ0) is 13.2. The highest BCUT2D eigenvalue weighted by molar-refractivity contribution is 7.92. The molecule has 0 saturated heterocycles. The molecule has 1 aromatic heterocycles. The van der Waals surface area contributed by atoms with E-state index in [0.717, 1.165) is 6.07 Å². The average molecular weight is 268 g/mol. The number of nitrogen functional groups attached to an aromatic ring is 1. The lowest BCUT2D eigenvalue weighted by atomic mass is 10.3. The molecule has 0 bridgehead atoms. The second-order valence-electron chi connectivity index (χ2n) is 3.40. The molecule has 2 rings (SSSR count). The molecule has 3 N–H and O–H groups in total. The van der Waals surface area contributed by atoms with Crippen LogP contribution in [0.4, 0.5) is 15.9 Å². The van der Waals surface area contributed by atoms with Crippen molar-refractivity contribution in [3.05, 3.63) is 42.3 Å². The van der Waals surface area contributed by atoms with E-state index in [-0.39, 0.29) is 16.4 Å². The molecule has 0 aliphatic heterocycles. The Morgan fingerprint density at radius 3 is 2.67 bits per heavy atom. The van der Waals surface area contributed by atoms with Gasteiger partial charge >= 0.3 is 0 Å². The monoisotopic (exact) mass is 268 g/mol. The number of sulfonamides is 1. The molecule has 2 aromatic rings. The van der Waals surface area contributed by atoms with E-state index in [2.05, 4.69) is 14.9 Å². The number of halogens is 1. The third-order valence-electron chi connectivity index (χ3n) is 2.09. The summed E-state index contributed by atoms with van der Waals surface area (Å²) in [5.41, 5.74) is 5.15. The maximum absolute atomic E-state index is 13.2. The molecule has 94 valence electrons. The molecule has 0 radical (unpaired) electrons. The molecule has 6 nitrogen and oxygen atoms in total. The van der Waals surface area contributed by atoms with Crippen LogP contribution in [-0.4, -0.2) is 18.6 Å². The zero-order valence-corrected chi connectivity index (χ0v) is 9.86. The van der Waals surface area contributed by atoms with Crippen molar-refractivity contribution in [3.8, 4) is 0 Å². The Morgan fingerprint density at radius 1 is 1.28 bits per heavy atom. The van der Waals surface area contributed by atoms with E-state index in [0.29, 0.717) is 0 Å². The Hall–Kier alpha value is -2.22. The van der Waals surface area contributed by atoms with Gasteiger partial charge in [-0.05, 0) is 30.3 Å². The van der Waals surface area contributed by atoms with E-state index in [9.17, 15) is 12.8 Å². The van der Waals surface area contributed by atoms with E-state index < -0.39 is 15.8 Å². The molecule has 0 atom stereocenters. The van der Waals surface area contributed by atoms with E-state index in [4.69, 9.17) is 5.73 Å². The number of aromatic nitrogens is 2. The topological polar surface area (TPSA) is 98.0 Å². The van der Waals surface area contributed by atoms with Gasteiger partial charge in [0, 0.05) is 6.20 Å². The second-order valence-corrected chi connectivity index (χ2v) is 5.08. The number of nitrogens with zero attached hydrogens (tertiary/aromatic N) is 2. The van der Waals surface area contributed by atoms with E-state index in [1.165, 1.54) is 30.5 Å². The average Bonchev–Trinajstić information content (AvgIpc) is 2.33. The SMILES string of the molecule is Nc1ccc(S(=O)(=O)Nc2cccnn2)cc1F. The molecule has 8 heteroatoms. The third kappa shape index (κ3) is 2.54. The van der Waals surface area contributed by atoms with Crippen molar-refractivity contribution in [1.29, 1.82) is 0 Å². The van der Waals surface area contributed by atoms with Gasteiger partial charge in [0.1, 0.15) is 5.82 Å². The van der Waals surface area contributed by atoms with Crippen LogP contribution >= 0.6 is 0 Å². The minimum Gasteiger partial charge on any atom is -0.396 e. The fraction of sp³-hybridized carbons (Fsp3) is 0. The summed E-state index contributed by atoms with van der Waals surface area (Å²) in [7, 11) is -3.90. The largest absolute Gasteiger partial charge is 0.396 e. The summed E-state index contributed by atoms with van der Waals surface area (Å²) in [6, 6.07) is 6.18. The molecule has 0 aliphatic rings. The minimum absolute atomic E-state index is 0.0507. The fourth-order valence-corrected chi connectivity index (χ4v) is 2.24. The molecule has 1 aromatic carbocycles. The highest BCUT2D eigenvalue weighted by atomic mass is 32.2. The maximum Gasteiger partial charge on any atom is 0.263 e. The van der Waals surface area contributed by atoms with Crippen LogP contribution in [0.5, 0.6) is 0 Å². The first-order valence-corrected chi connectivity index (χ1v) is 6.33. The molecule has 0 saturated carbocycles. The van der Waals surface area contributed by atoms with Crippen LogP contribution in [0.1, 0.15) is 0 Å². The Bertz CT molecular complexity index is 661. The van der Waals surface area contributed by atoms with Crippen molar-refractivity contribution in [2.45, 2.75) is 4.90 Å². The van der Waals surface area contributed by atoms with Gasteiger partial charge in [-0.1, -0.05) is 0 Å². The van der Waals surface area contributed by atoms with Crippen LogP contribution in [-0.2, 0) is 10.0 Å². The molecule has 1 heterocycles. The third-order valence-corrected chi connectivity index (χ3v) is 3.45. The van der Waals surface area contributed by atoms with Gasteiger partial charge < -0.3 is 5.73 Å². The first-order chi connectivity index (χ1) is 8.49. The number of anilines is 2. The molecule has 0 fully saturated rings. The van der Waals surface area contributed by atoms with Crippen LogP contribution in [0.25, 0.3) is 0 Å². The van der Waals surface area contributed by atoms with Crippen molar-refractivity contribution in [2.75, 3.05) is 10.5 Å². The summed E-state index contributed by atoms with van der Waals surface area (Å²) in [6.07, 6.45) is 1.40. The predicted molar refractivity (Wildman–Crippen MR) is 63.7 cm³/mol. The normalized spacial score (nSPS) is 11.2. The Labute approximate surface area is 103 Å². The van der Waals surface area contributed by atoms with Crippen LogP contribution in [0, 0.1) is 5.82 Å². The van der Waals surface area contributed by atoms with E-state index in [1.807, 2.05) is 0 Å². The Kier molecular flexibility index (Phi) is 3.11. The first kappa shape index (κ1) is 12.2. The van der Waals surface area contributed by atoms with Crippen molar-refractivity contribution >= 4 is 21.5 Å². The lowest BCUT2D eigenvalue weighted by Gasteiger charge is -2.07. The van der Waals surface area contributed by atoms with Crippen molar-refractivity contribution in [2.24, 2.45) is 0 Å². The smallest absolute Gasteiger partial charge is 0.263 e. The van der Waals surface area contributed by atoms with Gasteiger partial charge in [-0.2, -0.15) is 5.10 Å². The Balaban J connectivity index is 2.34. The number of nitrogens with two attached hydrogens (primary N) is 1. The van der Waals surface area contributed by atoms with Crippen molar-refractivity contribution in [3.63, 3.8) is 0 Å². The number of rotatable bonds is 3. The number of benzene rings is 1. The standard InChI is InChI=1S/C10H9FN4O2S/c11-8-6-7(3-4-9(8)12)18(16,17)15-10-2-1-5-13-14-10/h1-6H,12H2,(H,14,15). The lowest BCUT2D eigenvalue weighted by Crippen LogP contribution is -2.14. The minimum atomic E-state index is -3.90. The highest BCUT2D eigenvalue weighted by Crippen LogP contribution is 2.18. The van der Waals surface area contributed by atoms with Crippen LogP contribution in [0.2, 0.25) is 0 Å². The molecule has 0 unspecified atom stereocenters. The van der Waals surface area contributed by atoms with Crippen LogP contribution < -0.4 is 10.5 Å². The molecule has 18 heavy (non-hydrogen) atoms. The number of nitrogens with one attached hydrogen (secondary N) is 1. The molecule has 0 spiro atoms. The molecule has 0 aliphatic carbocycles. The summed E-state index contributed by atoms with van der Waals surface area (Å²) >= 11 is 0. The van der Waals surface area contributed by atoms with Gasteiger partial charge in [-0.3, -0.25) is 4.72 Å². The van der Waals surface area contributed by atoms with Crippen molar-refractivity contribution < 1.29 is 12.8 Å². The van der Waals surface area contributed by atoms with Gasteiger partial charge in [0.05, 0.1) is 10.6 Å². The number of hydrogen-bond acceptors (Lipinski definition) is 5. The van der Waals surface area contributed by atoms with Gasteiger partial charge in [0.2, 0.25) is 0 Å². The first-order valence-electron chi connectivity index (χ1n) is 4.84. The summed E-state index contributed by atoms with van der Waals surface area (Å²) in [6.45, 7) is 0. The van der Waals surface area contributed by atoms with Gasteiger partial charge in [-0.25, -0.2) is 12.8 Å². The highest BCUT2D eigenvalue weighted by Gasteiger charge is 2.16. The predicted octanol–water partition coefficient (Wildman–Crippen LogP) is 0.999. The molecular weight excluding hydrogens is 259 g/mol. The second kappa shape index (κ2) is 4.57. The fourth-order valence-electron chi connectivity index (χ4n) is 1.23. The summed E-state index contributed by atoms with van der Waals surface area (Å²) < 4.78 is 39.1. The number of hydrogen-bond donors (Lipinski definition) is 2. The Morgan fingerprint density at radius 2 is 2.06 bits per heavy atom. The summed E-state index contributed by atoms with van der Waals surface area (Å²) in [4.78, 5) is -0.236.